The number of rotatable bonds is 3. The van der Waals surface area contributed by atoms with Crippen LogP contribution in [0.15, 0.2) is 12.3 Å². The lowest BCUT2D eigenvalue weighted by atomic mass is 10.2. The smallest absolute Gasteiger partial charge is 0.180 e. The van der Waals surface area contributed by atoms with Crippen LogP contribution in [0.5, 0.6) is 0 Å². The van der Waals surface area contributed by atoms with Crippen molar-refractivity contribution in [2.24, 2.45) is 0 Å². The third-order valence-electron chi connectivity index (χ3n) is 3.11. The van der Waals surface area contributed by atoms with E-state index in [-0.39, 0.29) is 0 Å². The van der Waals surface area contributed by atoms with Gasteiger partial charge >= 0.3 is 0 Å². The Balaban J connectivity index is 2.12. The van der Waals surface area contributed by atoms with Crippen LogP contribution in [0.4, 0.5) is 5.82 Å². The van der Waals surface area contributed by atoms with Gasteiger partial charge in [-0.1, -0.05) is 0 Å². The zero-order valence-electron chi connectivity index (χ0n) is 10.1. The molecule has 0 bridgehead atoms. The molecule has 1 aliphatic rings. The molecule has 1 aliphatic carbocycles. The fourth-order valence-corrected chi connectivity index (χ4v) is 2.68. The topological polar surface area (TPSA) is 69.6 Å². The number of aromatic nitrogens is 4. The predicted octanol–water partition coefficient (Wildman–Crippen LogP) is 2.42. The molecule has 0 unspecified atom stereocenters. The third kappa shape index (κ3) is 1.98. The SMILES string of the molecule is CCn1nccc1-c1nc(N)c(I)c(C2CC2)n1. The van der Waals surface area contributed by atoms with E-state index in [1.54, 1.807) is 6.20 Å². The van der Waals surface area contributed by atoms with Gasteiger partial charge in [-0.05, 0) is 48.4 Å². The van der Waals surface area contributed by atoms with Crippen molar-refractivity contribution in [1.82, 2.24) is 19.7 Å². The molecular formula is C12H14IN5. The van der Waals surface area contributed by atoms with Crippen molar-refractivity contribution < 1.29 is 0 Å². The molecule has 0 saturated heterocycles. The maximum absolute atomic E-state index is 6.00. The summed E-state index contributed by atoms with van der Waals surface area (Å²) in [5, 5.41) is 4.25. The Labute approximate surface area is 119 Å². The highest BCUT2D eigenvalue weighted by Crippen LogP contribution is 2.42. The molecule has 2 aromatic heterocycles. The van der Waals surface area contributed by atoms with E-state index < -0.39 is 0 Å². The summed E-state index contributed by atoms with van der Waals surface area (Å²) in [6, 6.07) is 1.93. The summed E-state index contributed by atoms with van der Waals surface area (Å²) >= 11 is 2.24. The minimum absolute atomic E-state index is 0.568. The average Bonchev–Trinajstić information content (AvgIpc) is 3.09. The summed E-state index contributed by atoms with van der Waals surface area (Å²) in [6.45, 7) is 2.85. The number of nitrogens with zero attached hydrogens (tertiary/aromatic N) is 4. The zero-order chi connectivity index (χ0) is 12.7. The number of nitrogens with two attached hydrogens (primary N) is 1. The van der Waals surface area contributed by atoms with E-state index in [2.05, 4.69) is 37.7 Å². The van der Waals surface area contributed by atoms with Gasteiger partial charge in [-0.15, -0.1) is 0 Å². The summed E-state index contributed by atoms with van der Waals surface area (Å²) in [6.07, 6.45) is 4.19. The van der Waals surface area contributed by atoms with E-state index in [0.717, 1.165) is 21.5 Å². The molecule has 94 valence electrons. The molecule has 3 rings (SSSR count). The lowest BCUT2D eigenvalue weighted by molar-refractivity contribution is 0.663. The fourth-order valence-electron chi connectivity index (χ4n) is 2.00. The Morgan fingerprint density at radius 2 is 2.22 bits per heavy atom. The minimum atomic E-state index is 0.568. The van der Waals surface area contributed by atoms with Crippen molar-refractivity contribution in [3.63, 3.8) is 0 Å². The molecule has 2 N–H and O–H groups in total. The first kappa shape index (κ1) is 11.9. The van der Waals surface area contributed by atoms with E-state index in [1.807, 2.05) is 17.7 Å². The molecule has 0 radical (unpaired) electrons. The van der Waals surface area contributed by atoms with Gasteiger partial charge in [0.05, 0.1) is 9.26 Å². The Morgan fingerprint density at radius 1 is 1.44 bits per heavy atom. The first-order chi connectivity index (χ1) is 8.70. The normalized spacial score (nSPS) is 15.0. The highest BCUT2D eigenvalue weighted by atomic mass is 127. The van der Waals surface area contributed by atoms with Crippen LogP contribution >= 0.6 is 22.6 Å². The van der Waals surface area contributed by atoms with Crippen LogP contribution in [-0.2, 0) is 6.54 Å². The van der Waals surface area contributed by atoms with Crippen molar-refractivity contribution in [2.45, 2.75) is 32.2 Å². The zero-order valence-corrected chi connectivity index (χ0v) is 12.3. The van der Waals surface area contributed by atoms with E-state index >= 15 is 0 Å². The molecular weight excluding hydrogens is 341 g/mol. The van der Waals surface area contributed by atoms with Crippen LogP contribution in [-0.4, -0.2) is 19.7 Å². The lowest BCUT2D eigenvalue weighted by Gasteiger charge is -2.09. The van der Waals surface area contributed by atoms with Crippen LogP contribution in [0.2, 0.25) is 0 Å². The molecule has 0 amide bonds. The largest absolute Gasteiger partial charge is 0.383 e. The van der Waals surface area contributed by atoms with Crippen LogP contribution in [0.1, 0.15) is 31.4 Å². The molecule has 5 nitrogen and oxygen atoms in total. The molecule has 0 aliphatic heterocycles. The van der Waals surface area contributed by atoms with Crippen LogP contribution in [0, 0.1) is 3.57 Å². The molecule has 1 fully saturated rings. The monoisotopic (exact) mass is 355 g/mol. The summed E-state index contributed by atoms with van der Waals surface area (Å²) in [5.41, 5.74) is 8.03. The maximum Gasteiger partial charge on any atom is 0.180 e. The molecule has 18 heavy (non-hydrogen) atoms. The molecule has 2 aromatic rings. The van der Waals surface area contributed by atoms with Crippen LogP contribution in [0.25, 0.3) is 11.5 Å². The summed E-state index contributed by atoms with van der Waals surface area (Å²) in [4.78, 5) is 9.08. The van der Waals surface area contributed by atoms with Crippen molar-refractivity contribution in [3.8, 4) is 11.5 Å². The summed E-state index contributed by atoms with van der Waals surface area (Å²) in [5.74, 6) is 1.83. The highest BCUT2D eigenvalue weighted by Gasteiger charge is 2.29. The van der Waals surface area contributed by atoms with Gasteiger partial charge in [0.15, 0.2) is 5.82 Å². The van der Waals surface area contributed by atoms with Gasteiger partial charge in [0.25, 0.3) is 0 Å². The van der Waals surface area contributed by atoms with Gasteiger partial charge in [-0.3, -0.25) is 4.68 Å². The second-order valence-electron chi connectivity index (χ2n) is 4.44. The minimum Gasteiger partial charge on any atom is -0.383 e. The predicted molar refractivity (Wildman–Crippen MR) is 78.0 cm³/mol. The average molecular weight is 355 g/mol. The standard InChI is InChI=1S/C12H14IN5/c1-2-18-8(5-6-15-18)12-16-10(7-3-4-7)9(13)11(14)17-12/h5-7H,2-4H2,1H3,(H2,14,16,17). The van der Waals surface area contributed by atoms with Crippen LogP contribution < -0.4 is 5.73 Å². The first-order valence-electron chi connectivity index (χ1n) is 6.05. The maximum atomic E-state index is 6.00. The van der Waals surface area contributed by atoms with E-state index in [4.69, 9.17) is 5.73 Å². The molecule has 0 spiro atoms. The Morgan fingerprint density at radius 3 is 2.89 bits per heavy atom. The number of nitrogen functional groups attached to an aromatic ring is 1. The number of aryl methyl sites for hydroxylation is 1. The Kier molecular flexibility index (Phi) is 2.96. The fraction of sp³-hybridized carbons (Fsp3) is 0.417. The van der Waals surface area contributed by atoms with Crippen molar-refractivity contribution >= 4 is 28.4 Å². The molecule has 6 heteroatoms. The Bertz CT molecular complexity index is 588. The number of hydrogen-bond acceptors (Lipinski definition) is 4. The van der Waals surface area contributed by atoms with E-state index in [1.165, 1.54) is 12.8 Å². The second kappa shape index (κ2) is 4.49. The summed E-state index contributed by atoms with van der Waals surface area (Å²) < 4.78 is 2.89. The van der Waals surface area contributed by atoms with Crippen molar-refractivity contribution in [2.75, 3.05) is 5.73 Å². The number of hydrogen-bond donors (Lipinski definition) is 1. The van der Waals surface area contributed by atoms with Gasteiger partial charge in [0.1, 0.15) is 11.5 Å². The molecule has 0 atom stereocenters. The Hall–Kier alpha value is -1.18. The van der Waals surface area contributed by atoms with Gasteiger partial charge in [-0.25, -0.2) is 9.97 Å². The second-order valence-corrected chi connectivity index (χ2v) is 5.52. The van der Waals surface area contributed by atoms with E-state index in [9.17, 15) is 0 Å². The quantitative estimate of drug-likeness (QED) is 0.859. The van der Waals surface area contributed by atoms with Gasteiger partial charge in [0.2, 0.25) is 0 Å². The van der Waals surface area contributed by atoms with Crippen molar-refractivity contribution in [3.05, 3.63) is 21.5 Å². The number of anilines is 1. The molecule has 1 saturated carbocycles. The lowest BCUT2D eigenvalue weighted by Crippen LogP contribution is -2.07. The molecule has 0 aromatic carbocycles. The summed E-state index contributed by atoms with van der Waals surface area (Å²) in [7, 11) is 0. The van der Waals surface area contributed by atoms with Gasteiger partial charge in [0, 0.05) is 18.7 Å². The first-order valence-corrected chi connectivity index (χ1v) is 7.13. The molecule has 2 heterocycles. The number of halogens is 1. The van der Waals surface area contributed by atoms with Gasteiger partial charge < -0.3 is 5.73 Å². The van der Waals surface area contributed by atoms with Crippen LogP contribution in [0.3, 0.4) is 0 Å². The van der Waals surface area contributed by atoms with E-state index in [0.29, 0.717) is 17.6 Å². The third-order valence-corrected chi connectivity index (χ3v) is 4.22. The van der Waals surface area contributed by atoms with Crippen molar-refractivity contribution in [1.29, 1.82) is 0 Å². The highest BCUT2D eigenvalue weighted by molar-refractivity contribution is 14.1. The van der Waals surface area contributed by atoms with Gasteiger partial charge in [-0.2, -0.15) is 5.10 Å².